The van der Waals surface area contributed by atoms with Gasteiger partial charge >= 0.3 is 5.51 Å². The fraction of sp³-hybridized carbons (Fsp3) is 0.667. The zero-order valence-corrected chi connectivity index (χ0v) is 10.2. The van der Waals surface area contributed by atoms with Crippen LogP contribution in [0.25, 0.3) is 0 Å². The predicted octanol–water partition coefficient (Wildman–Crippen LogP) is 0.674. The van der Waals surface area contributed by atoms with Crippen LogP contribution in [0.1, 0.15) is 6.04 Å². The van der Waals surface area contributed by atoms with Crippen molar-refractivity contribution in [3.8, 4) is 0 Å². The molecule has 0 atom stereocenters. The summed E-state index contributed by atoms with van der Waals surface area (Å²) in [5.41, 5.74) is -5.15. The van der Waals surface area contributed by atoms with Crippen molar-refractivity contribution in [2.45, 2.75) is 11.6 Å². The maximum Gasteiger partial charge on any atom is 0.497 e. The van der Waals surface area contributed by atoms with Crippen LogP contribution in [-0.2, 0) is 9.84 Å². The highest BCUT2D eigenvalue weighted by Gasteiger charge is 2.45. The van der Waals surface area contributed by atoms with Gasteiger partial charge in [-0.1, -0.05) is 0 Å². The van der Waals surface area contributed by atoms with Gasteiger partial charge in [0.15, 0.2) is 0 Å². The van der Waals surface area contributed by atoms with Crippen LogP contribution in [-0.4, -0.2) is 54.0 Å². The van der Waals surface area contributed by atoms with E-state index in [1.165, 1.54) is 0 Å². The van der Waals surface area contributed by atoms with E-state index in [4.69, 9.17) is 0 Å². The zero-order valence-electron chi connectivity index (χ0n) is 9.34. The lowest BCUT2D eigenvalue weighted by molar-refractivity contribution is -0.0438. The van der Waals surface area contributed by atoms with Gasteiger partial charge in [-0.3, -0.25) is 9.58 Å². The number of hydrogen-bond acceptors (Lipinski definition) is 4. The summed E-state index contributed by atoms with van der Waals surface area (Å²) in [4.78, 5) is 1.66. The third-order valence-electron chi connectivity index (χ3n) is 2.87. The van der Waals surface area contributed by atoms with Gasteiger partial charge in [0.25, 0.3) is 0 Å². The fourth-order valence-corrected chi connectivity index (χ4v) is 2.48. The Labute approximate surface area is 102 Å². The Morgan fingerprint density at radius 1 is 1.33 bits per heavy atom. The minimum absolute atomic E-state index is 0.0976. The molecule has 0 saturated carbocycles. The summed E-state index contributed by atoms with van der Waals surface area (Å²) in [5, 5.41) is 4.01. The average molecular weight is 283 g/mol. The second-order valence-electron chi connectivity index (χ2n) is 4.16. The Bertz CT molecular complexity index is 492. The predicted molar refractivity (Wildman–Crippen MR) is 57.5 cm³/mol. The quantitative estimate of drug-likeness (QED) is 0.815. The first-order chi connectivity index (χ1) is 8.29. The van der Waals surface area contributed by atoms with Crippen LogP contribution in [0.5, 0.6) is 0 Å². The van der Waals surface area contributed by atoms with Crippen molar-refractivity contribution in [3.63, 3.8) is 0 Å². The van der Waals surface area contributed by atoms with Gasteiger partial charge in [0.05, 0.1) is 11.8 Å². The molecule has 0 unspecified atom stereocenters. The van der Waals surface area contributed by atoms with Crippen LogP contribution < -0.4 is 0 Å². The molecule has 1 aliphatic heterocycles. The van der Waals surface area contributed by atoms with Crippen molar-refractivity contribution >= 4 is 9.84 Å². The van der Waals surface area contributed by atoms with Crippen molar-refractivity contribution < 1.29 is 21.6 Å². The number of hydrogen-bond donors (Lipinski definition) is 0. The lowest BCUT2D eigenvalue weighted by atomic mass is 10.1. The number of alkyl halides is 3. The van der Waals surface area contributed by atoms with Gasteiger partial charge < -0.3 is 0 Å². The molecule has 0 bridgehead atoms. The van der Waals surface area contributed by atoms with E-state index < -0.39 is 21.1 Å². The molecular formula is C9H12F3N3O2S. The van der Waals surface area contributed by atoms with Crippen LogP contribution in [0.15, 0.2) is 18.5 Å². The van der Waals surface area contributed by atoms with Gasteiger partial charge in [0, 0.05) is 32.0 Å². The van der Waals surface area contributed by atoms with Crippen LogP contribution in [0, 0.1) is 0 Å². The summed E-state index contributed by atoms with van der Waals surface area (Å²) in [7, 11) is -5.00. The van der Waals surface area contributed by atoms with Crippen molar-refractivity contribution in [2.75, 3.05) is 25.4 Å². The van der Waals surface area contributed by atoms with Crippen LogP contribution in [0.4, 0.5) is 13.2 Å². The third kappa shape index (κ3) is 2.66. The largest absolute Gasteiger partial charge is 0.497 e. The molecule has 0 radical (unpaired) electrons. The van der Waals surface area contributed by atoms with Gasteiger partial charge in [-0.05, 0) is 6.07 Å². The monoisotopic (exact) mass is 283 g/mol. The molecule has 1 aromatic heterocycles. The van der Waals surface area contributed by atoms with Crippen LogP contribution >= 0.6 is 0 Å². The topological polar surface area (TPSA) is 55.2 Å². The highest BCUT2D eigenvalue weighted by molar-refractivity contribution is 7.92. The summed E-state index contributed by atoms with van der Waals surface area (Å²) in [6.07, 6.45) is 3.39. The molecule has 102 valence electrons. The Kier molecular flexibility index (Phi) is 3.37. The fourth-order valence-electron chi connectivity index (χ4n) is 1.75. The maximum absolute atomic E-state index is 12.1. The second kappa shape index (κ2) is 4.54. The SMILES string of the molecule is O=S(=O)(CCN1CC(n2cccn2)C1)C(F)(F)F. The third-order valence-corrected chi connectivity index (χ3v) is 4.29. The molecule has 0 spiro atoms. The first-order valence-electron chi connectivity index (χ1n) is 5.30. The first kappa shape index (κ1) is 13.3. The molecule has 0 N–H and O–H groups in total. The Hall–Kier alpha value is -1.09. The van der Waals surface area contributed by atoms with Gasteiger partial charge in [-0.2, -0.15) is 18.3 Å². The van der Waals surface area contributed by atoms with Crippen molar-refractivity contribution in [1.82, 2.24) is 14.7 Å². The molecule has 2 rings (SSSR count). The molecule has 0 aliphatic carbocycles. The summed E-state index contributed by atoms with van der Waals surface area (Å²) in [6, 6.07) is 1.88. The van der Waals surface area contributed by atoms with Crippen molar-refractivity contribution in [3.05, 3.63) is 18.5 Å². The molecule has 1 aromatic rings. The van der Waals surface area contributed by atoms with Crippen molar-refractivity contribution in [2.24, 2.45) is 0 Å². The van der Waals surface area contributed by atoms with Gasteiger partial charge in [-0.25, -0.2) is 8.42 Å². The number of halogens is 3. The molecule has 1 fully saturated rings. The Morgan fingerprint density at radius 3 is 2.50 bits per heavy atom. The van der Waals surface area contributed by atoms with Crippen LogP contribution in [0.2, 0.25) is 0 Å². The zero-order chi connectivity index (χ0) is 13.4. The first-order valence-corrected chi connectivity index (χ1v) is 6.95. The molecule has 0 aromatic carbocycles. The maximum atomic E-state index is 12.1. The summed E-state index contributed by atoms with van der Waals surface area (Å²) in [6.45, 7) is 0.948. The van der Waals surface area contributed by atoms with E-state index in [1.807, 2.05) is 0 Å². The van der Waals surface area contributed by atoms with E-state index >= 15 is 0 Å². The van der Waals surface area contributed by atoms with E-state index in [9.17, 15) is 21.6 Å². The molecule has 1 saturated heterocycles. The molecule has 1 aliphatic rings. The molecule has 9 heteroatoms. The number of sulfone groups is 1. The number of likely N-dealkylation sites (tertiary alicyclic amines) is 1. The average Bonchev–Trinajstić information content (AvgIpc) is 2.66. The number of nitrogens with zero attached hydrogens (tertiary/aromatic N) is 3. The van der Waals surface area contributed by atoms with Gasteiger partial charge in [0.2, 0.25) is 9.84 Å². The summed E-state index contributed by atoms with van der Waals surface area (Å²) < 4.78 is 59.6. The smallest absolute Gasteiger partial charge is 0.298 e. The molecule has 0 amide bonds. The lowest BCUT2D eigenvalue weighted by Crippen LogP contribution is -2.50. The minimum Gasteiger partial charge on any atom is -0.298 e. The normalized spacial score (nSPS) is 18.8. The number of aromatic nitrogens is 2. The lowest BCUT2D eigenvalue weighted by Gasteiger charge is -2.39. The van der Waals surface area contributed by atoms with Crippen molar-refractivity contribution in [1.29, 1.82) is 0 Å². The molecular weight excluding hydrogens is 271 g/mol. The molecule has 2 heterocycles. The molecule has 18 heavy (non-hydrogen) atoms. The second-order valence-corrected chi connectivity index (χ2v) is 6.26. The standard InChI is InChI=1S/C9H12F3N3O2S/c10-9(11,12)18(16,17)5-4-14-6-8(7-14)15-3-1-2-13-15/h1-3,8H,4-7H2. The van der Waals surface area contributed by atoms with Gasteiger partial charge in [-0.15, -0.1) is 0 Å². The van der Waals surface area contributed by atoms with Crippen LogP contribution in [0.3, 0.4) is 0 Å². The van der Waals surface area contributed by atoms with E-state index in [2.05, 4.69) is 5.10 Å². The minimum atomic E-state index is -5.15. The molecule has 5 nitrogen and oxygen atoms in total. The highest BCUT2D eigenvalue weighted by Crippen LogP contribution is 2.25. The Balaban J connectivity index is 1.78. The highest BCUT2D eigenvalue weighted by atomic mass is 32.2. The van der Waals surface area contributed by atoms with E-state index in [0.717, 1.165) is 0 Å². The van der Waals surface area contributed by atoms with Gasteiger partial charge in [0.1, 0.15) is 0 Å². The summed E-state index contributed by atoms with van der Waals surface area (Å²) >= 11 is 0. The number of rotatable bonds is 4. The van der Waals surface area contributed by atoms with E-state index in [-0.39, 0.29) is 12.6 Å². The van der Waals surface area contributed by atoms with E-state index in [1.54, 1.807) is 28.0 Å². The Morgan fingerprint density at radius 2 is 2.00 bits per heavy atom. The summed E-state index contributed by atoms with van der Waals surface area (Å²) in [5.74, 6) is -0.887. The van der Waals surface area contributed by atoms with E-state index in [0.29, 0.717) is 13.1 Å².